The molecule has 0 aliphatic carbocycles. The quantitative estimate of drug-likeness (QED) is 0.359. The SMILES string of the molecule is CCCOCCOc1ccc(OC[C@@H](O)CN[C@@H](C)CNC(=O)C2CCOCC2)cc1. The first-order chi connectivity index (χ1) is 15.1. The van der Waals surface area contributed by atoms with E-state index in [1.165, 1.54) is 0 Å². The van der Waals surface area contributed by atoms with Crippen molar-refractivity contribution in [2.24, 2.45) is 5.92 Å². The van der Waals surface area contributed by atoms with E-state index in [-0.39, 0.29) is 24.5 Å². The molecular formula is C23H38N2O6. The summed E-state index contributed by atoms with van der Waals surface area (Å²) in [6, 6.07) is 7.36. The Morgan fingerprint density at radius 3 is 2.45 bits per heavy atom. The molecule has 1 aromatic rings. The normalized spacial score (nSPS) is 16.5. The van der Waals surface area contributed by atoms with E-state index in [0.717, 1.165) is 31.6 Å². The van der Waals surface area contributed by atoms with E-state index in [9.17, 15) is 9.90 Å². The average molecular weight is 439 g/mol. The number of carbonyl (C=O) groups is 1. The number of benzene rings is 1. The first kappa shape index (κ1) is 25.4. The Labute approximate surface area is 185 Å². The largest absolute Gasteiger partial charge is 0.491 e. The zero-order valence-corrected chi connectivity index (χ0v) is 18.8. The lowest BCUT2D eigenvalue weighted by atomic mass is 9.99. The third-order valence-electron chi connectivity index (χ3n) is 4.99. The first-order valence-electron chi connectivity index (χ1n) is 11.3. The minimum Gasteiger partial charge on any atom is -0.491 e. The van der Waals surface area contributed by atoms with Gasteiger partial charge in [0.05, 0.1) is 6.61 Å². The van der Waals surface area contributed by atoms with Crippen LogP contribution >= 0.6 is 0 Å². The minimum absolute atomic E-state index is 0.0473. The van der Waals surface area contributed by atoms with Crippen molar-refractivity contribution in [3.05, 3.63) is 24.3 Å². The molecule has 0 spiro atoms. The van der Waals surface area contributed by atoms with Crippen molar-refractivity contribution in [2.45, 2.75) is 45.3 Å². The summed E-state index contributed by atoms with van der Waals surface area (Å²) in [6.45, 7) is 8.27. The maximum absolute atomic E-state index is 12.1. The van der Waals surface area contributed by atoms with Crippen LogP contribution in [0.4, 0.5) is 0 Å². The highest BCUT2D eigenvalue weighted by Gasteiger charge is 2.21. The van der Waals surface area contributed by atoms with Gasteiger partial charge >= 0.3 is 0 Å². The number of aliphatic hydroxyl groups excluding tert-OH is 1. The van der Waals surface area contributed by atoms with Gasteiger partial charge < -0.3 is 34.7 Å². The van der Waals surface area contributed by atoms with Crippen molar-refractivity contribution in [1.29, 1.82) is 0 Å². The number of aliphatic hydroxyl groups is 1. The molecule has 1 aliphatic heterocycles. The second kappa shape index (κ2) is 15.0. The zero-order chi connectivity index (χ0) is 22.3. The van der Waals surface area contributed by atoms with E-state index in [2.05, 4.69) is 17.6 Å². The number of ether oxygens (including phenoxy) is 4. The molecule has 1 aromatic carbocycles. The monoisotopic (exact) mass is 438 g/mol. The van der Waals surface area contributed by atoms with Gasteiger partial charge in [-0.05, 0) is 50.5 Å². The molecule has 176 valence electrons. The van der Waals surface area contributed by atoms with E-state index in [1.807, 2.05) is 31.2 Å². The van der Waals surface area contributed by atoms with Gasteiger partial charge in [-0.15, -0.1) is 0 Å². The van der Waals surface area contributed by atoms with Gasteiger partial charge in [0.1, 0.15) is 30.8 Å². The van der Waals surface area contributed by atoms with Crippen LogP contribution in [0.15, 0.2) is 24.3 Å². The fourth-order valence-electron chi connectivity index (χ4n) is 3.12. The average Bonchev–Trinajstić information content (AvgIpc) is 2.81. The Morgan fingerprint density at radius 1 is 1.10 bits per heavy atom. The van der Waals surface area contributed by atoms with Gasteiger partial charge in [-0.3, -0.25) is 4.79 Å². The first-order valence-corrected chi connectivity index (χ1v) is 11.3. The molecular weight excluding hydrogens is 400 g/mol. The van der Waals surface area contributed by atoms with Crippen molar-refractivity contribution in [2.75, 3.05) is 52.7 Å². The third kappa shape index (κ3) is 10.8. The number of nitrogens with one attached hydrogen (secondary N) is 2. The third-order valence-corrected chi connectivity index (χ3v) is 4.99. The number of amides is 1. The second-order valence-electron chi connectivity index (χ2n) is 7.84. The Morgan fingerprint density at radius 2 is 1.77 bits per heavy atom. The highest BCUT2D eigenvalue weighted by molar-refractivity contribution is 5.78. The summed E-state index contributed by atoms with van der Waals surface area (Å²) in [4.78, 5) is 12.1. The molecule has 2 rings (SSSR count). The molecule has 1 amide bonds. The molecule has 8 heteroatoms. The predicted octanol–water partition coefficient (Wildman–Crippen LogP) is 1.75. The van der Waals surface area contributed by atoms with Crippen LogP contribution in [0.5, 0.6) is 11.5 Å². The predicted molar refractivity (Wildman–Crippen MR) is 119 cm³/mol. The summed E-state index contributed by atoms with van der Waals surface area (Å²) in [5.41, 5.74) is 0. The van der Waals surface area contributed by atoms with E-state index in [0.29, 0.717) is 45.3 Å². The molecule has 1 fully saturated rings. The summed E-state index contributed by atoms with van der Waals surface area (Å²) >= 11 is 0. The molecule has 1 heterocycles. The Balaban J connectivity index is 1.55. The van der Waals surface area contributed by atoms with Crippen molar-refractivity contribution in [1.82, 2.24) is 10.6 Å². The standard InChI is InChI=1S/C23H38N2O6/c1-3-10-28-13-14-30-21-4-6-22(7-5-21)31-17-20(26)16-24-18(2)15-25-23(27)19-8-11-29-12-9-19/h4-7,18-20,24,26H,3,8-17H2,1-2H3,(H,25,27)/t18-,20-/m0/s1. The van der Waals surface area contributed by atoms with Gasteiger partial charge in [0.15, 0.2) is 0 Å². The molecule has 0 bridgehead atoms. The van der Waals surface area contributed by atoms with Gasteiger partial charge in [-0.1, -0.05) is 6.92 Å². The van der Waals surface area contributed by atoms with E-state index >= 15 is 0 Å². The maximum Gasteiger partial charge on any atom is 0.223 e. The maximum atomic E-state index is 12.1. The van der Waals surface area contributed by atoms with Crippen LogP contribution in [-0.2, 0) is 14.3 Å². The second-order valence-corrected chi connectivity index (χ2v) is 7.84. The number of hydrogen-bond acceptors (Lipinski definition) is 7. The van der Waals surface area contributed by atoms with Gasteiger partial charge in [0, 0.05) is 44.9 Å². The van der Waals surface area contributed by atoms with E-state index in [4.69, 9.17) is 18.9 Å². The fourth-order valence-corrected chi connectivity index (χ4v) is 3.12. The summed E-state index contributed by atoms with van der Waals surface area (Å²) in [5.74, 6) is 1.56. The van der Waals surface area contributed by atoms with Crippen LogP contribution in [0, 0.1) is 5.92 Å². The molecule has 0 aromatic heterocycles. The van der Waals surface area contributed by atoms with Crippen molar-refractivity contribution in [3.63, 3.8) is 0 Å². The highest BCUT2D eigenvalue weighted by atomic mass is 16.5. The lowest BCUT2D eigenvalue weighted by Crippen LogP contribution is -2.44. The van der Waals surface area contributed by atoms with Crippen molar-refractivity contribution < 1.29 is 28.8 Å². The van der Waals surface area contributed by atoms with Crippen LogP contribution in [0.1, 0.15) is 33.1 Å². The molecule has 1 aliphatic rings. The minimum atomic E-state index is -0.653. The van der Waals surface area contributed by atoms with E-state index < -0.39 is 6.10 Å². The lowest BCUT2D eigenvalue weighted by molar-refractivity contribution is -0.127. The van der Waals surface area contributed by atoms with Gasteiger partial charge in [-0.2, -0.15) is 0 Å². The fraction of sp³-hybridized carbons (Fsp3) is 0.696. The van der Waals surface area contributed by atoms with E-state index in [1.54, 1.807) is 0 Å². The van der Waals surface area contributed by atoms with Gasteiger partial charge in [-0.25, -0.2) is 0 Å². The van der Waals surface area contributed by atoms with Crippen LogP contribution in [0.3, 0.4) is 0 Å². The topological polar surface area (TPSA) is 98.3 Å². The Kier molecular flexibility index (Phi) is 12.3. The molecule has 3 N–H and O–H groups in total. The van der Waals surface area contributed by atoms with Crippen LogP contribution < -0.4 is 20.1 Å². The smallest absolute Gasteiger partial charge is 0.223 e. The van der Waals surface area contributed by atoms with Gasteiger partial charge in [0.2, 0.25) is 5.91 Å². The molecule has 8 nitrogen and oxygen atoms in total. The van der Waals surface area contributed by atoms with Crippen LogP contribution in [0.2, 0.25) is 0 Å². The van der Waals surface area contributed by atoms with Crippen LogP contribution in [0.25, 0.3) is 0 Å². The summed E-state index contributed by atoms with van der Waals surface area (Å²) in [7, 11) is 0. The number of rotatable bonds is 15. The highest BCUT2D eigenvalue weighted by Crippen LogP contribution is 2.18. The lowest BCUT2D eigenvalue weighted by Gasteiger charge is -2.23. The molecule has 0 unspecified atom stereocenters. The van der Waals surface area contributed by atoms with Crippen LogP contribution in [-0.4, -0.2) is 75.9 Å². The zero-order valence-electron chi connectivity index (χ0n) is 18.8. The Hall–Kier alpha value is -1.87. The molecule has 31 heavy (non-hydrogen) atoms. The Bertz CT molecular complexity index is 607. The molecule has 0 saturated carbocycles. The summed E-state index contributed by atoms with van der Waals surface area (Å²) in [6.07, 6.45) is 1.91. The molecule has 1 saturated heterocycles. The summed E-state index contributed by atoms with van der Waals surface area (Å²) in [5, 5.41) is 16.4. The summed E-state index contributed by atoms with van der Waals surface area (Å²) < 4.78 is 21.9. The van der Waals surface area contributed by atoms with Gasteiger partial charge in [0.25, 0.3) is 0 Å². The van der Waals surface area contributed by atoms with Crippen molar-refractivity contribution in [3.8, 4) is 11.5 Å². The van der Waals surface area contributed by atoms with Crippen molar-refractivity contribution >= 4 is 5.91 Å². The number of carbonyl (C=O) groups excluding carboxylic acids is 1. The molecule has 0 radical (unpaired) electrons. The molecule has 2 atom stereocenters. The number of hydrogen-bond donors (Lipinski definition) is 3.